The maximum atomic E-state index is 4.28. The van der Waals surface area contributed by atoms with Gasteiger partial charge in [-0.1, -0.05) is 15.9 Å². The fourth-order valence-corrected chi connectivity index (χ4v) is 2.21. The molecule has 0 saturated carbocycles. The molecule has 66 valence electrons. The van der Waals surface area contributed by atoms with Crippen LogP contribution in [-0.4, -0.2) is 4.98 Å². The van der Waals surface area contributed by atoms with Crippen molar-refractivity contribution in [3.63, 3.8) is 0 Å². The predicted octanol–water partition coefficient (Wildman–Crippen LogP) is 4.52. The van der Waals surface area contributed by atoms with Crippen LogP contribution in [0.4, 0.5) is 0 Å². The third-order valence-electron chi connectivity index (χ3n) is 1.72. The molecule has 2 rings (SSSR count). The third-order valence-corrected chi connectivity index (χ3v) is 4.20. The van der Waals surface area contributed by atoms with Gasteiger partial charge in [0.2, 0.25) is 0 Å². The number of fused-ring (bicyclic) bond motifs is 1. The Kier molecular flexibility index (Phi) is 2.72. The predicted molar refractivity (Wildman–Crippen MR) is 64.8 cm³/mol. The van der Waals surface area contributed by atoms with Crippen LogP contribution in [0, 0.1) is 0 Å². The van der Waals surface area contributed by atoms with E-state index in [0.29, 0.717) is 0 Å². The van der Waals surface area contributed by atoms with Crippen molar-refractivity contribution in [2.24, 2.45) is 0 Å². The van der Waals surface area contributed by atoms with Crippen molar-refractivity contribution in [3.8, 4) is 0 Å². The van der Waals surface area contributed by atoms with E-state index in [1.54, 1.807) is 6.20 Å². The normalized spacial score (nSPS) is 10.7. The van der Waals surface area contributed by atoms with Gasteiger partial charge in [-0.3, -0.25) is 4.98 Å². The average molecular weight is 366 g/mol. The molecule has 0 amide bonds. The molecule has 4 heteroatoms. The molecule has 0 N–H and O–H groups in total. The largest absolute Gasteiger partial charge is 0.255 e. The molecule has 0 aliphatic rings. The van der Waals surface area contributed by atoms with E-state index in [-0.39, 0.29) is 0 Å². The maximum Gasteiger partial charge on any atom is 0.0714 e. The minimum Gasteiger partial charge on any atom is -0.255 e. The first-order chi connectivity index (χ1) is 6.18. The van der Waals surface area contributed by atoms with Gasteiger partial charge in [0.15, 0.2) is 0 Å². The van der Waals surface area contributed by atoms with Crippen molar-refractivity contribution in [2.75, 3.05) is 0 Å². The van der Waals surface area contributed by atoms with Crippen LogP contribution in [0.1, 0.15) is 0 Å². The Morgan fingerprint density at radius 3 is 2.62 bits per heavy atom. The number of halogens is 3. The Labute approximate surface area is 101 Å². The Morgan fingerprint density at radius 1 is 1.08 bits per heavy atom. The van der Waals surface area contributed by atoms with E-state index in [0.717, 1.165) is 24.3 Å². The number of nitrogens with zero attached hydrogens (tertiary/aromatic N) is 1. The minimum atomic E-state index is 0.970. The van der Waals surface area contributed by atoms with Gasteiger partial charge in [0, 0.05) is 20.5 Å². The molecule has 1 nitrogen and oxygen atoms in total. The summed E-state index contributed by atoms with van der Waals surface area (Å²) in [5.41, 5.74) is 0.985. The molecule has 0 atom stereocenters. The first-order valence-corrected chi connectivity index (χ1v) is 5.95. The third kappa shape index (κ3) is 1.80. The minimum absolute atomic E-state index is 0.970. The van der Waals surface area contributed by atoms with Gasteiger partial charge in [-0.25, -0.2) is 0 Å². The highest BCUT2D eigenvalue weighted by Gasteiger charge is 2.03. The zero-order chi connectivity index (χ0) is 9.42. The number of rotatable bonds is 0. The second-order valence-corrected chi connectivity index (χ2v) is 5.14. The van der Waals surface area contributed by atoms with Crippen LogP contribution in [0.15, 0.2) is 37.8 Å². The lowest BCUT2D eigenvalue weighted by Crippen LogP contribution is -1.81. The lowest BCUT2D eigenvalue weighted by Gasteiger charge is -2.02. The monoisotopic (exact) mass is 363 g/mol. The van der Waals surface area contributed by atoms with E-state index in [2.05, 4.69) is 52.8 Å². The molecular formula is C9H4Br3N. The summed E-state index contributed by atoms with van der Waals surface area (Å²) >= 11 is 10.4. The van der Waals surface area contributed by atoms with Crippen molar-refractivity contribution in [1.82, 2.24) is 4.98 Å². The molecule has 0 spiro atoms. The molecule has 0 aliphatic carbocycles. The van der Waals surface area contributed by atoms with E-state index in [9.17, 15) is 0 Å². The number of benzene rings is 1. The van der Waals surface area contributed by atoms with E-state index in [1.807, 2.05) is 18.2 Å². The molecule has 1 aromatic heterocycles. The van der Waals surface area contributed by atoms with Crippen LogP contribution in [0.25, 0.3) is 10.9 Å². The van der Waals surface area contributed by atoms with E-state index < -0.39 is 0 Å². The highest BCUT2D eigenvalue weighted by atomic mass is 79.9. The molecule has 0 saturated heterocycles. The lowest BCUT2D eigenvalue weighted by atomic mass is 10.2. The summed E-state index contributed by atoms with van der Waals surface area (Å²) < 4.78 is 3.07. The summed E-state index contributed by atoms with van der Waals surface area (Å²) in [5.74, 6) is 0. The second-order valence-electron chi connectivity index (χ2n) is 2.58. The lowest BCUT2D eigenvalue weighted by molar-refractivity contribution is 1.37. The van der Waals surface area contributed by atoms with Gasteiger partial charge in [0.05, 0.1) is 9.99 Å². The van der Waals surface area contributed by atoms with Gasteiger partial charge < -0.3 is 0 Å². The standard InChI is InChI=1S/C9H4Br3N/c10-5-1-2-8-6(3-5)9(12)7(11)4-13-8/h1-4H. The molecule has 0 unspecified atom stereocenters. The Bertz CT molecular complexity index is 462. The van der Waals surface area contributed by atoms with Gasteiger partial charge in [0.1, 0.15) is 0 Å². The van der Waals surface area contributed by atoms with E-state index in [1.165, 1.54) is 0 Å². The average Bonchev–Trinajstić information content (AvgIpc) is 2.12. The molecule has 0 aliphatic heterocycles. The number of aromatic nitrogens is 1. The highest BCUT2D eigenvalue weighted by molar-refractivity contribution is 9.13. The van der Waals surface area contributed by atoms with Crippen molar-refractivity contribution >= 4 is 58.7 Å². The molecule has 1 aromatic carbocycles. The molecule has 1 heterocycles. The number of pyridine rings is 1. The first-order valence-electron chi connectivity index (χ1n) is 3.58. The molecule has 0 radical (unpaired) electrons. The van der Waals surface area contributed by atoms with Crippen molar-refractivity contribution in [2.45, 2.75) is 0 Å². The number of hydrogen-bond acceptors (Lipinski definition) is 1. The highest BCUT2D eigenvalue weighted by Crippen LogP contribution is 2.31. The summed E-state index contributed by atoms with van der Waals surface area (Å²) in [7, 11) is 0. The van der Waals surface area contributed by atoms with E-state index in [4.69, 9.17) is 0 Å². The fourth-order valence-electron chi connectivity index (χ4n) is 1.11. The van der Waals surface area contributed by atoms with Gasteiger partial charge in [-0.05, 0) is 50.1 Å². The molecule has 13 heavy (non-hydrogen) atoms. The Balaban J connectivity index is 2.89. The summed E-state index contributed by atoms with van der Waals surface area (Å²) in [5, 5.41) is 1.10. The van der Waals surface area contributed by atoms with Crippen molar-refractivity contribution < 1.29 is 0 Å². The second kappa shape index (κ2) is 3.67. The van der Waals surface area contributed by atoms with E-state index >= 15 is 0 Å². The van der Waals surface area contributed by atoms with Crippen LogP contribution < -0.4 is 0 Å². The maximum absolute atomic E-state index is 4.28. The zero-order valence-electron chi connectivity index (χ0n) is 6.39. The van der Waals surface area contributed by atoms with Crippen LogP contribution in [-0.2, 0) is 0 Å². The summed E-state index contributed by atoms with van der Waals surface area (Å²) in [6.07, 6.45) is 1.79. The van der Waals surface area contributed by atoms with Gasteiger partial charge >= 0.3 is 0 Å². The SMILES string of the molecule is Brc1ccc2ncc(Br)c(Br)c2c1. The smallest absolute Gasteiger partial charge is 0.0714 e. The first kappa shape index (κ1) is 9.62. The Morgan fingerprint density at radius 2 is 1.85 bits per heavy atom. The summed E-state index contributed by atoms with van der Waals surface area (Å²) in [4.78, 5) is 4.28. The summed E-state index contributed by atoms with van der Waals surface area (Å²) in [6, 6.07) is 6.00. The molecule has 0 bridgehead atoms. The van der Waals surface area contributed by atoms with Gasteiger partial charge in [0.25, 0.3) is 0 Å². The van der Waals surface area contributed by atoms with Gasteiger partial charge in [-0.15, -0.1) is 0 Å². The zero-order valence-corrected chi connectivity index (χ0v) is 11.1. The van der Waals surface area contributed by atoms with Crippen LogP contribution >= 0.6 is 47.8 Å². The summed E-state index contributed by atoms with van der Waals surface area (Å²) in [6.45, 7) is 0. The topological polar surface area (TPSA) is 12.9 Å². The molecule has 0 fully saturated rings. The molecular weight excluding hydrogens is 362 g/mol. The van der Waals surface area contributed by atoms with Gasteiger partial charge in [-0.2, -0.15) is 0 Å². The quantitative estimate of drug-likeness (QED) is 0.668. The fraction of sp³-hybridized carbons (Fsp3) is 0. The van der Waals surface area contributed by atoms with Crippen molar-refractivity contribution in [1.29, 1.82) is 0 Å². The number of hydrogen-bond donors (Lipinski definition) is 0. The van der Waals surface area contributed by atoms with Crippen LogP contribution in [0.5, 0.6) is 0 Å². The Hall–Kier alpha value is 0.0700. The van der Waals surface area contributed by atoms with Crippen molar-refractivity contribution in [3.05, 3.63) is 37.8 Å². The molecule has 2 aromatic rings. The van der Waals surface area contributed by atoms with Crippen LogP contribution in [0.3, 0.4) is 0 Å². The van der Waals surface area contributed by atoms with Crippen LogP contribution in [0.2, 0.25) is 0 Å².